The summed E-state index contributed by atoms with van der Waals surface area (Å²) in [5.41, 5.74) is 5.25. The zero-order chi connectivity index (χ0) is 14.0. The van der Waals surface area contributed by atoms with Crippen LogP contribution in [0.15, 0.2) is 37.2 Å². The lowest BCUT2D eigenvalue weighted by molar-refractivity contribution is 0.590. The van der Waals surface area contributed by atoms with Crippen molar-refractivity contribution < 1.29 is 0 Å². The molecule has 0 spiro atoms. The molecule has 2 rings (SSSR count). The van der Waals surface area contributed by atoms with Crippen molar-refractivity contribution in [1.29, 1.82) is 0 Å². The number of nitrogens with zero attached hydrogens (tertiary/aromatic N) is 1. The van der Waals surface area contributed by atoms with Gasteiger partial charge in [0.15, 0.2) is 0 Å². The average molecular weight is 253 g/mol. The smallest absolute Gasteiger partial charge is 0.0531 e. The molecule has 2 aromatic heterocycles. The fraction of sp³-hybridized carbons (Fsp3) is 0.333. The first-order valence-corrected chi connectivity index (χ1v) is 6.91. The first-order valence-electron chi connectivity index (χ1n) is 6.91. The fourth-order valence-electron chi connectivity index (χ4n) is 2.25. The van der Waals surface area contributed by atoms with Crippen molar-refractivity contribution in [1.82, 2.24) is 4.40 Å². The summed E-state index contributed by atoms with van der Waals surface area (Å²) in [7, 11) is 0. The van der Waals surface area contributed by atoms with Crippen molar-refractivity contribution in [2.24, 2.45) is 0 Å². The molecule has 0 aliphatic heterocycles. The summed E-state index contributed by atoms with van der Waals surface area (Å²) in [6.07, 6.45) is 11.7. The molecule has 1 heteroatoms. The van der Waals surface area contributed by atoms with Gasteiger partial charge in [-0.05, 0) is 35.1 Å². The summed E-state index contributed by atoms with van der Waals surface area (Å²) < 4.78 is 2.18. The van der Waals surface area contributed by atoms with Crippen LogP contribution in [0.1, 0.15) is 50.8 Å². The quantitative estimate of drug-likeness (QED) is 0.699. The standard InChI is InChI=1S/C18H23N/c1-6-8-9-16-14(7-2)13-19-11-10-15(12-17(16)19)18(3,4)5/h7-13H,2,6H2,1,3-5H3/b9-8-. The second-order valence-corrected chi connectivity index (χ2v) is 5.97. The first kappa shape index (κ1) is 13.7. The van der Waals surface area contributed by atoms with Crippen LogP contribution in [0.2, 0.25) is 0 Å². The van der Waals surface area contributed by atoms with Gasteiger partial charge in [0.05, 0.1) is 5.52 Å². The number of fused-ring (bicyclic) bond motifs is 1. The average Bonchev–Trinajstić information content (AvgIpc) is 2.72. The van der Waals surface area contributed by atoms with Crippen LogP contribution in [0.3, 0.4) is 0 Å². The Hall–Kier alpha value is -1.76. The van der Waals surface area contributed by atoms with E-state index in [0.29, 0.717) is 0 Å². The van der Waals surface area contributed by atoms with Gasteiger partial charge in [-0.15, -0.1) is 0 Å². The molecule has 0 saturated carbocycles. The molecule has 0 aromatic carbocycles. The van der Waals surface area contributed by atoms with E-state index in [2.05, 4.69) is 75.4 Å². The molecular weight excluding hydrogens is 230 g/mol. The van der Waals surface area contributed by atoms with E-state index in [4.69, 9.17) is 0 Å². The van der Waals surface area contributed by atoms with E-state index in [1.165, 1.54) is 22.2 Å². The van der Waals surface area contributed by atoms with Crippen molar-refractivity contribution in [2.75, 3.05) is 0 Å². The highest BCUT2D eigenvalue weighted by atomic mass is 14.9. The van der Waals surface area contributed by atoms with Gasteiger partial charge in [0.1, 0.15) is 0 Å². The molecule has 0 unspecified atom stereocenters. The Bertz CT molecular complexity index is 621. The van der Waals surface area contributed by atoms with Crippen LogP contribution in [0, 0.1) is 0 Å². The molecule has 0 aliphatic carbocycles. The van der Waals surface area contributed by atoms with Crippen molar-refractivity contribution in [3.63, 3.8) is 0 Å². The van der Waals surface area contributed by atoms with Crippen LogP contribution in [-0.2, 0) is 5.41 Å². The zero-order valence-corrected chi connectivity index (χ0v) is 12.4. The van der Waals surface area contributed by atoms with Crippen LogP contribution in [0.4, 0.5) is 0 Å². The largest absolute Gasteiger partial charge is 0.323 e. The van der Waals surface area contributed by atoms with E-state index in [0.717, 1.165) is 6.42 Å². The van der Waals surface area contributed by atoms with E-state index in [1.54, 1.807) is 0 Å². The number of allylic oxidation sites excluding steroid dienone is 1. The number of aromatic nitrogens is 1. The predicted molar refractivity (Wildman–Crippen MR) is 85.5 cm³/mol. The van der Waals surface area contributed by atoms with E-state index < -0.39 is 0 Å². The third-order valence-electron chi connectivity index (χ3n) is 3.46. The Morgan fingerprint density at radius 1 is 1.32 bits per heavy atom. The summed E-state index contributed by atoms with van der Waals surface area (Å²) in [4.78, 5) is 0. The van der Waals surface area contributed by atoms with E-state index in [9.17, 15) is 0 Å². The minimum Gasteiger partial charge on any atom is -0.323 e. The molecule has 0 amide bonds. The maximum Gasteiger partial charge on any atom is 0.0531 e. The molecule has 1 nitrogen and oxygen atoms in total. The van der Waals surface area contributed by atoms with Crippen molar-refractivity contribution in [3.8, 4) is 0 Å². The lowest BCUT2D eigenvalue weighted by Crippen LogP contribution is -2.11. The summed E-state index contributed by atoms with van der Waals surface area (Å²) >= 11 is 0. The molecule has 0 saturated heterocycles. The van der Waals surface area contributed by atoms with E-state index in [1.807, 2.05) is 6.08 Å². The Labute approximate surface area is 116 Å². The molecule has 0 radical (unpaired) electrons. The fourth-order valence-corrected chi connectivity index (χ4v) is 2.25. The second-order valence-electron chi connectivity index (χ2n) is 5.97. The molecular formula is C18H23N. The summed E-state index contributed by atoms with van der Waals surface area (Å²) in [5.74, 6) is 0. The molecule has 100 valence electrons. The number of rotatable bonds is 3. The lowest BCUT2D eigenvalue weighted by atomic mass is 9.87. The highest BCUT2D eigenvalue weighted by Crippen LogP contribution is 2.28. The predicted octanol–water partition coefficient (Wildman–Crippen LogP) is 5.30. The normalized spacial score (nSPS) is 12.4. The van der Waals surface area contributed by atoms with Gasteiger partial charge in [-0.3, -0.25) is 0 Å². The van der Waals surface area contributed by atoms with Crippen LogP contribution in [-0.4, -0.2) is 4.40 Å². The lowest BCUT2D eigenvalue weighted by Gasteiger charge is -2.19. The van der Waals surface area contributed by atoms with Gasteiger partial charge in [0.2, 0.25) is 0 Å². The first-order chi connectivity index (χ1) is 8.97. The molecule has 0 fully saturated rings. The van der Waals surface area contributed by atoms with Crippen molar-refractivity contribution >= 4 is 17.7 Å². The number of pyridine rings is 1. The van der Waals surface area contributed by atoms with Gasteiger partial charge in [0, 0.05) is 18.0 Å². The molecule has 2 heterocycles. The van der Waals surface area contributed by atoms with Crippen LogP contribution >= 0.6 is 0 Å². The highest BCUT2D eigenvalue weighted by Gasteiger charge is 2.15. The van der Waals surface area contributed by atoms with E-state index >= 15 is 0 Å². The minimum atomic E-state index is 0.173. The zero-order valence-electron chi connectivity index (χ0n) is 12.4. The van der Waals surface area contributed by atoms with Gasteiger partial charge in [-0.1, -0.05) is 52.5 Å². The Kier molecular flexibility index (Phi) is 3.66. The summed E-state index contributed by atoms with van der Waals surface area (Å²) in [5, 5.41) is 0. The SMILES string of the molecule is C=Cc1cn2ccc(C(C)(C)C)cc2c1/C=C\CC. The Morgan fingerprint density at radius 3 is 2.63 bits per heavy atom. The number of hydrogen-bond donors (Lipinski definition) is 0. The highest BCUT2D eigenvalue weighted by molar-refractivity contribution is 5.79. The summed E-state index contributed by atoms with van der Waals surface area (Å²) in [6, 6.07) is 4.50. The van der Waals surface area contributed by atoms with Crippen molar-refractivity contribution in [2.45, 2.75) is 39.5 Å². The molecule has 19 heavy (non-hydrogen) atoms. The van der Waals surface area contributed by atoms with Crippen LogP contribution < -0.4 is 0 Å². The molecule has 0 bridgehead atoms. The molecule has 2 aromatic rings. The van der Waals surface area contributed by atoms with Gasteiger partial charge in [-0.25, -0.2) is 0 Å². The Balaban J connectivity index is 2.68. The monoisotopic (exact) mass is 253 g/mol. The topological polar surface area (TPSA) is 4.41 Å². The van der Waals surface area contributed by atoms with Gasteiger partial charge in [-0.2, -0.15) is 0 Å². The molecule has 0 N–H and O–H groups in total. The third-order valence-corrected chi connectivity index (χ3v) is 3.46. The number of hydrogen-bond acceptors (Lipinski definition) is 0. The van der Waals surface area contributed by atoms with Crippen LogP contribution in [0.25, 0.3) is 17.7 Å². The second kappa shape index (κ2) is 5.08. The van der Waals surface area contributed by atoms with Gasteiger partial charge >= 0.3 is 0 Å². The summed E-state index contributed by atoms with van der Waals surface area (Å²) in [6.45, 7) is 12.8. The molecule has 0 atom stereocenters. The Morgan fingerprint density at radius 2 is 2.05 bits per heavy atom. The maximum atomic E-state index is 3.92. The van der Waals surface area contributed by atoms with E-state index in [-0.39, 0.29) is 5.41 Å². The van der Waals surface area contributed by atoms with Crippen LogP contribution in [0.5, 0.6) is 0 Å². The molecule has 0 aliphatic rings. The maximum absolute atomic E-state index is 3.92. The van der Waals surface area contributed by atoms with Crippen molar-refractivity contribution in [3.05, 3.63) is 53.9 Å². The third kappa shape index (κ3) is 2.65. The van der Waals surface area contributed by atoms with Gasteiger partial charge in [0.25, 0.3) is 0 Å². The minimum absolute atomic E-state index is 0.173. The van der Waals surface area contributed by atoms with Gasteiger partial charge < -0.3 is 4.40 Å².